The second kappa shape index (κ2) is 5.00. The van der Waals surface area contributed by atoms with E-state index in [0.717, 1.165) is 0 Å². The molecule has 84 valence electrons. The van der Waals surface area contributed by atoms with Gasteiger partial charge in [0.25, 0.3) is 5.92 Å². The Morgan fingerprint density at radius 1 is 1.50 bits per heavy atom. The first-order valence-electron chi connectivity index (χ1n) is 4.77. The highest BCUT2D eigenvalue weighted by Crippen LogP contribution is 2.20. The third-order valence-corrected chi connectivity index (χ3v) is 2.24. The predicted molar refractivity (Wildman–Crippen MR) is 48.6 cm³/mol. The van der Waals surface area contributed by atoms with Crippen molar-refractivity contribution >= 4 is 0 Å². The van der Waals surface area contributed by atoms with Crippen molar-refractivity contribution < 1.29 is 18.3 Å². The van der Waals surface area contributed by atoms with Crippen molar-refractivity contribution in [2.24, 2.45) is 5.92 Å². The van der Waals surface area contributed by atoms with E-state index in [2.05, 4.69) is 5.32 Å². The van der Waals surface area contributed by atoms with Crippen molar-refractivity contribution in [3.8, 4) is 0 Å². The molecule has 1 aliphatic heterocycles. The summed E-state index contributed by atoms with van der Waals surface area (Å²) in [5.74, 6) is -2.59. The molecule has 1 saturated heterocycles. The van der Waals surface area contributed by atoms with E-state index in [4.69, 9.17) is 9.47 Å². The van der Waals surface area contributed by atoms with Crippen LogP contribution in [0.15, 0.2) is 0 Å². The highest BCUT2D eigenvalue weighted by molar-refractivity contribution is 4.74. The fraction of sp³-hybridized carbons (Fsp3) is 1.00. The topological polar surface area (TPSA) is 30.5 Å². The van der Waals surface area contributed by atoms with Gasteiger partial charge in [0.15, 0.2) is 0 Å². The van der Waals surface area contributed by atoms with Gasteiger partial charge in [0.05, 0.1) is 25.9 Å². The van der Waals surface area contributed by atoms with E-state index >= 15 is 0 Å². The molecule has 0 amide bonds. The molecule has 1 N–H and O–H groups in total. The van der Waals surface area contributed by atoms with Crippen LogP contribution in [0.25, 0.3) is 0 Å². The molecule has 2 atom stereocenters. The van der Waals surface area contributed by atoms with E-state index in [1.54, 1.807) is 0 Å². The van der Waals surface area contributed by atoms with Crippen molar-refractivity contribution in [3.63, 3.8) is 0 Å². The van der Waals surface area contributed by atoms with Crippen molar-refractivity contribution in [1.82, 2.24) is 5.32 Å². The zero-order chi connectivity index (χ0) is 10.6. The maximum Gasteiger partial charge on any atom is 0.283 e. The molecule has 14 heavy (non-hydrogen) atoms. The third kappa shape index (κ3) is 3.48. The standard InChI is InChI=1S/C9H17F2NO2/c1-7-3-13-4-8(7)14-6-9(10,11)5-12-2/h7-8,12H,3-6H2,1-2H3. The molecule has 0 aromatic carbocycles. The molecule has 1 rings (SSSR count). The van der Waals surface area contributed by atoms with Gasteiger partial charge in [-0.2, -0.15) is 0 Å². The summed E-state index contributed by atoms with van der Waals surface area (Å²) in [7, 11) is 1.50. The predicted octanol–water partition coefficient (Wildman–Crippen LogP) is 0.893. The monoisotopic (exact) mass is 209 g/mol. The highest BCUT2D eigenvalue weighted by atomic mass is 19.3. The van der Waals surface area contributed by atoms with Gasteiger partial charge in [0.1, 0.15) is 6.61 Å². The summed E-state index contributed by atoms with van der Waals surface area (Å²) in [6.07, 6.45) is -0.183. The Morgan fingerprint density at radius 3 is 2.71 bits per heavy atom. The molecule has 0 aromatic rings. The van der Waals surface area contributed by atoms with Crippen LogP contribution in [0.4, 0.5) is 8.78 Å². The summed E-state index contributed by atoms with van der Waals surface area (Å²) in [6, 6.07) is 0. The summed E-state index contributed by atoms with van der Waals surface area (Å²) in [4.78, 5) is 0. The maximum absolute atomic E-state index is 13.0. The van der Waals surface area contributed by atoms with Gasteiger partial charge in [0.2, 0.25) is 0 Å². The van der Waals surface area contributed by atoms with Gasteiger partial charge >= 0.3 is 0 Å². The fourth-order valence-electron chi connectivity index (χ4n) is 1.39. The molecule has 1 heterocycles. The van der Waals surface area contributed by atoms with Crippen molar-refractivity contribution in [2.75, 3.05) is 33.4 Å². The maximum atomic E-state index is 13.0. The normalized spacial score (nSPS) is 28.3. The Bertz CT molecular complexity index is 178. The van der Waals surface area contributed by atoms with E-state index in [1.165, 1.54) is 7.05 Å². The second-order valence-corrected chi connectivity index (χ2v) is 3.75. The van der Waals surface area contributed by atoms with Gasteiger partial charge in [-0.15, -0.1) is 0 Å². The second-order valence-electron chi connectivity index (χ2n) is 3.75. The first-order valence-corrected chi connectivity index (χ1v) is 4.77. The summed E-state index contributed by atoms with van der Waals surface area (Å²) in [5, 5.41) is 2.43. The molecule has 2 unspecified atom stereocenters. The van der Waals surface area contributed by atoms with E-state index < -0.39 is 12.5 Å². The lowest BCUT2D eigenvalue weighted by Gasteiger charge is -2.20. The zero-order valence-corrected chi connectivity index (χ0v) is 8.56. The van der Waals surface area contributed by atoms with Gasteiger partial charge in [0, 0.05) is 5.92 Å². The Kier molecular flexibility index (Phi) is 4.22. The van der Waals surface area contributed by atoms with Crippen molar-refractivity contribution in [3.05, 3.63) is 0 Å². The molecule has 0 aliphatic carbocycles. The lowest BCUT2D eigenvalue weighted by molar-refractivity contribution is -0.102. The first kappa shape index (κ1) is 11.8. The van der Waals surface area contributed by atoms with Gasteiger partial charge in [-0.05, 0) is 7.05 Å². The van der Waals surface area contributed by atoms with Gasteiger partial charge < -0.3 is 14.8 Å². The number of halogens is 2. The minimum absolute atomic E-state index is 0.183. The van der Waals surface area contributed by atoms with Crippen molar-refractivity contribution in [1.29, 1.82) is 0 Å². The SMILES string of the molecule is CNCC(F)(F)COC1COCC1C. The number of alkyl halides is 2. The molecule has 1 aliphatic rings. The molecule has 0 radical (unpaired) electrons. The molecular formula is C9H17F2NO2. The van der Waals surface area contributed by atoms with Crippen LogP contribution in [0.5, 0.6) is 0 Å². The molecular weight excluding hydrogens is 192 g/mol. The number of ether oxygens (including phenoxy) is 2. The first-order chi connectivity index (χ1) is 6.55. The Morgan fingerprint density at radius 2 is 2.21 bits per heavy atom. The van der Waals surface area contributed by atoms with Gasteiger partial charge in [-0.25, -0.2) is 8.78 Å². The van der Waals surface area contributed by atoms with Crippen LogP contribution >= 0.6 is 0 Å². The van der Waals surface area contributed by atoms with E-state index in [-0.39, 0.29) is 18.6 Å². The third-order valence-electron chi connectivity index (χ3n) is 2.24. The number of nitrogens with one attached hydrogen (secondary N) is 1. The number of hydrogen-bond donors (Lipinski definition) is 1. The molecule has 0 bridgehead atoms. The van der Waals surface area contributed by atoms with Crippen molar-refractivity contribution in [2.45, 2.75) is 19.0 Å². The molecule has 0 aromatic heterocycles. The van der Waals surface area contributed by atoms with E-state index in [0.29, 0.717) is 13.2 Å². The molecule has 1 fully saturated rings. The molecule has 3 nitrogen and oxygen atoms in total. The summed E-state index contributed by atoms with van der Waals surface area (Å²) >= 11 is 0. The quantitative estimate of drug-likeness (QED) is 0.729. The Hall–Kier alpha value is -0.260. The van der Waals surface area contributed by atoms with E-state index in [1.807, 2.05) is 6.92 Å². The smallest absolute Gasteiger partial charge is 0.283 e. The van der Waals surface area contributed by atoms with Crippen LogP contribution in [0, 0.1) is 5.92 Å². The van der Waals surface area contributed by atoms with Crippen LogP contribution in [0.2, 0.25) is 0 Å². The average molecular weight is 209 g/mol. The zero-order valence-electron chi connectivity index (χ0n) is 8.56. The van der Waals surface area contributed by atoms with E-state index in [9.17, 15) is 8.78 Å². The average Bonchev–Trinajstić information content (AvgIpc) is 2.48. The van der Waals surface area contributed by atoms with Crippen LogP contribution < -0.4 is 5.32 Å². The number of hydrogen-bond acceptors (Lipinski definition) is 3. The highest BCUT2D eigenvalue weighted by Gasteiger charge is 2.32. The number of rotatable bonds is 5. The molecule has 5 heteroatoms. The van der Waals surface area contributed by atoms with Crippen LogP contribution in [0.1, 0.15) is 6.92 Å². The molecule has 0 spiro atoms. The van der Waals surface area contributed by atoms with Crippen LogP contribution in [-0.4, -0.2) is 45.4 Å². The van der Waals surface area contributed by atoms with Gasteiger partial charge in [-0.3, -0.25) is 0 Å². The van der Waals surface area contributed by atoms with Gasteiger partial charge in [-0.1, -0.05) is 6.92 Å². The lowest BCUT2D eigenvalue weighted by atomic mass is 10.1. The molecule has 0 saturated carbocycles. The lowest BCUT2D eigenvalue weighted by Crippen LogP contribution is -2.37. The van der Waals surface area contributed by atoms with Crippen LogP contribution in [0.3, 0.4) is 0 Å². The summed E-state index contributed by atoms with van der Waals surface area (Å²) in [6.45, 7) is 2.08. The minimum Gasteiger partial charge on any atom is -0.378 e. The largest absolute Gasteiger partial charge is 0.378 e. The fourth-order valence-corrected chi connectivity index (χ4v) is 1.39. The Balaban J connectivity index is 2.25. The van der Waals surface area contributed by atoms with Crippen LogP contribution in [-0.2, 0) is 9.47 Å². The minimum atomic E-state index is -2.79. The summed E-state index contributed by atoms with van der Waals surface area (Å²) in [5.41, 5.74) is 0. The Labute approximate surface area is 82.8 Å². The summed E-state index contributed by atoms with van der Waals surface area (Å²) < 4.78 is 36.2.